The zero-order valence-corrected chi connectivity index (χ0v) is 14.0. The number of esters is 1. The molecular weight excluding hydrogens is 289 g/mol. The highest BCUT2D eigenvalue weighted by molar-refractivity contribution is 7.43. The molecule has 0 aliphatic heterocycles. The van der Waals surface area contributed by atoms with E-state index in [1.807, 2.05) is 37.3 Å². The highest BCUT2D eigenvalue weighted by Crippen LogP contribution is 2.25. The Morgan fingerprint density at radius 3 is 2.38 bits per heavy atom. The van der Waals surface area contributed by atoms with Crippen molar-refractivity contribution in [3.8, 4) is 5.75 Å². The van der Waals surface area contributed by atoms with Gasteiger partial charge in [0.25, 0.3) is 0 Å². The summed E-state index contributed by atoms with van der Waals surface area (Å²) in [6.07, 6.45) is -0.178. The topological polar surface area (TPSA) is 64.6 Å². The van der Waals surface area contributed by atoms with Crippen LogP contribution in [0.5, 0.6) is 5.75 Å². The van der Waals surface area contributed by atoms with Crippen molar-refractivity contribution in [2.45, 2.75) is 45.5 Å². The monoisotopic (exact) mass is 313 g/mol. The first-order valence-corrected chi connectivity index (χ1v) is 8.57. The number of benzene rings is 1. The Kier molecular flexibility index (Phi) is 7.48. The third-order valence-corrected chi connectivity index (χ3v) is 4.53. The van der Waals surface area contributed by atoms with Crippen LogP contribution in [0.15, 0.2) is 30.3 Å². The Hall–Kier alpha value is -1.32. The molecule has 1 aromatic rings. The van der Waals surface area contributed by atoms with E-state index < -0.39 is 14.0 Å². The first-order chi connectivity index (χ1) is 9.90. The Balaban J connectivity index is 2.38. The smallest absolute Gasteiger partial charge is 0.323 e. The molecular formula is C15H24NO4P. The molecule has 0 radical (unpaired) electrons. The molecule has 0 aliphatic carbocycles. The van der Waals surface area contributed by atoms with Gasteiger partial charge in [0.2, 0.25) is 0 Å². The predicted octanol–water partition coefficient (Wildman–Crippen LogP) is 2.86. The van der Waals surface area contributed by atoms with Crippen molar-refractivity contribution < 1.29 is 18.8 Å². The summed E-state index contributed by atoms with van der Waals surface area (Å²) in [5.41, 5.74) is -0.176. The molecule has 0 heterocycles. The number of hydrogen-bond acceptors (Lipinski definition) is 4. The lowest BCUT2D eigenvalue weighted by atomic mass is 10.3. The minimum atomic E-state index is -2.14. The highest BCUT2D eigenvalue weighted by Gasteiger charge is 2.20. The summed E-state index contributed by atoms with van der Waals surface area (Å²) in [5, 5.41) is 2.81. The summed E-state index contributed by atoms with van der Waals surface area (Å²) in [5.74, 6) is 0.353. The minimum Gasteiger partial charge on any atom is -0.493 e. The van der Waals surface area contributed by atoms with Crippen molar-refractivity contribution >= 4 is 13.9 Å². The number of carbonyl (C=O) groups excluding carboxylic acids is 1. The van der Waals surface area contributed by atoms with Gasteiger partial charge in [0, 0.05) is 0 Å². The van der Waals surface area contributed by atoms with Crippen molar-refractivity contribution in [1.82, 2.24) is 5.09 Å². The zero-order valence-electron chi connectivity index (χ0n) is 13.0. The van der Waals surface area contributed by atoms with Gasteiger partial charge in [-0.05, 0) is 32.9 Å². The normalized spacial score (nSPS) is 15.3. The first kappa shape index (κ1) is 17.7. The van der Waals surface area contributed by atoms with Crippen LogP contribution in [0.4, 0.5) is 0 Å². The largest absolute Gasteiger partial charge is 0.493 e. The molecule has 0 saturated carbocycles. The van der Waals surface area contributed by atoms with Gasteiger partial charge in [0.05, 0.1) is 18.4 Å². The van der Waals surface area contributed by atoms with E-state index in [0.717, 1.165) is 5.75 Å². The van der Waals surface area contributed by atoms with E-state index in [1.54, 1.807) is 20.8 Å². The summed E-state index contributed by atoms with van der Waals surface area (Å²) < 4.78 is 22.8. The van der Waals surface area contributed by atoms with E-state index in [9.17, 15) is 9.36 Å². The zero-order chi connectivity index (χ0) is 15.8. The van der Waals surface area contributed by atoms with Crippen LogP contribution in [0.3, 0.4) is 0 Å². The van der Waals surface area contributed by atoms with Gasteiger partial charge in [-0.25, -0.2) is 0 Å². The molecule has 1 aromatic carbocycles. The van der Waals surface area contributed by atoms with Crippen LogP contribution in [0.1, 0.15) is 27.7 Å². The predicted molar refractivity (Wildman–Crippen MR) is 84.2 cm³/mol. The van der Waals surface area contributed by atoms with Gasteiger partial charge in [-0.15, -0.1) is 0 Å². The number of nitrogens with one attached hydrogen (secondary N) is 1. The summed E-state index contributed by atoms with van der Waals surface area (Å²) in [7, 11) is -2.14. The Morgan fingerprint density at radius 2 is 1.81 bits per heavy atom. The number of hydrogen-bond donors (Lipinski definition) is 1. The van der Waals surface area contributed by atoms with Gasteiger partial charge in [0.15, 0.2) is 0 Å². The molecule has 6 heteroatoms. The summed E-state index contributed by atoms with van der Waals surface area (Å²) >= 11 is 0. The van der Waals surface area contributed by atoms with Crippen molar-refractivity contribution in [1.29, 1.82) is 0 Å². The quantitative estimate of drug-likeness (QED) is 0.590. The lowest BCUT2D eigenvalue weighted by molar-refractivity contribution is -0.148. The van der Waals surface area contributed by atoms with Crippen LogP contribution in [0, 0.1) is 0 Å². The molecule has 0 aliphatic rings. The molecule has 0 fully saturated rings. The molecule has 0 spiro atoms. The lowest BCUT2D eigenvalue weighted by Crippen LogP contribution is -2.34. The third-order valence-electron chi connectivity index (χ3n) is 2.75. The second kappa shape index (κ2) is 8.85. The Morgan fingerprint density at radius 1 is 1.19 bits per heavy atom. The fraction of sp³-hybridized carbons (Fsp3) is 0.533. The number of rotatable bonds is 8. The number of ether oxygens (including phenoxy) is 2. The van der Waals surface area contributed by atoms with Gasteiger partial charge in [-0.3, -0.25) is 9.88 Å². The molecule has 0 bridgehead atoms. The second-order valence-electron chi connectivity index (χ2n) is 5.24. The maximum absolute atomic E-state index is 12.2. The average molecular weight is 313 g/mol. The van der Waals surface area contributed by atoms with E-state index in [1.165, 1.54) is 0 Å². The van der Waals surface area contributed by atoms with E-state index in [-0.39, 0.29) is 17.7 Å². The molecule has 1 N–H and O–H groups in total. The molecule has 2 unspecified atom stereocenters. The standard InChI is InChI=1S/C15H24NO4P/c1-11(2)20-15(17)13(4)16-21(18)12(3)10-19-14-8-6-5-7-9-14/h5-9,11-13,21H,10H2,1-4H3,(H,16,18)/t12?,13-/m0/s1. The summed E-state index contributed by atoms with van der Waals surface area (Å²) in [6.45, 7) is 7.38. The summed E-state index contributed by atoms with van der Waals surface area (Å²) in [4.78, 5) is 11.7. The van der Waals surface area contributed by atoms with Crippen molar-refractivity contribution in [2.75, 3.05) is 6.61 Å². The van der Waals surface area contributed by atoms with Gasteiger partial charge >= 0.3 is 5.97 Å². The maximum Gasteiger partial charge on any atom is 0.323 e. The second-order valence-corrected chi connectivity index (χ2v) is 7.24. The van der Waals surface area contributed by atoms with Crippen LogP contribution < -0.4 is 9.82 Å². The van der Waals surface area contributed by atoms with E-state index in [2.05, 4.69) is 5.09 Å². The third kappa shape index (κ3) is 6.78. The molecule has 118 valence electrons. The molecule has 0 saturated heterocycles. The minimum absolute atomic E-state index is 0.176. The molecule has 3 atom stereocenters. The van der Waals surface area contributed by atoms with Crippen molar-refractivity contribution in [2.24, 2.45) is 0 Å². The summed E-state index contributed by atoms with van der Waals surface area (Å²) in [6, 6.07) is 8.78. The van der Waals surface area contributed by atoms with Crippen molar-refractivity contribution in [3.05, 3.63) is 30.3 Å². The van der Waals surface area contributed by atoms with Crippen molar-refractivity contribution in [3.63, 3.8) is 0 Å². The average Bonchev–Trinajstić information content (AvgIpc) is 2.44. The Labute approximate surface area is 126 Å². The SMILES string of the molecule is CC(C)OC(=O)[C@H](C)N[PH](=O)C(C)COc1ccccc1. The van der Waals surface area contributed by atoms with E-state index in [0.29, 0.717) is 6.61 Å². The molecule has 0 amide bonds. The maximum atomic E-state index is 12.2. The Bertz CT molecular complexity index is 464. The van der Waals surface area contributed by atoms with Crippen LogP contribution in [0.25, 0.3) is 0 Å². The van der Waals surface area contributed by atoms with E-state index in [4.69, 9.17) is 9.47 Å². The first-order valence-electron chi connectivity index (χ1n) is 7.09. The van der Waals surface area contributed by atoms with Gasteiger partial charge in [-0.2, -0.15) is 0 Å². The fourth-order valence-corrected chi connectivity index (χ4v) is 2.63. The fourth-order valence-electron chi connectivity index (χ4n) is 1.56. The van der Waals surface area contributed by atoms with Crippen LogP contribution in [-0.4, -0.2) is 30.4 Å². The van der Waals surface area contributed by atoms with Gasteiger partial charge in [-0.1, -0.05) is 25.1 Å². The van der Waals surface area contributed by atoms with Crippen LogP contribution in [-0.2, 0) is 14.1 Å². The molecule has 21 heavy (non-hydrogen) atoms. The molecule has 1 rings (SSSR count). The van der Waals surface area contributed by atoms with Gasteiger partial charge in [0.1, 0.15) is 19.7 Å². The lowest BCUT2D eigenvalue weighted by Gasteiger charge is -2.18. The van der Waals surface area contributed by atoms with Gasteiger partial charge < -0.3 is 14.0 Å². The molecule has 0 aromatic heterocycles. The van der Waals surface area contributed by atoms with Crippen LogP contribution in [0.2, 0.25) is 0 Å². The number of carbonyl (C=O) groups is 1. The highest BCUT2D eigenvalue weighted by atomic mass is 31.1. The molecule has 5 nitrogen and oxygen atoms in total. The number of para-hydroxylation sites is 1. The van der Waals surface area contributed by atoms with Crippen LogP contribution >= 0.6 is 7.95 Å². The van der Waals surface area contributed by atoms with E-state index >= 15 is 0 Å².